The van der Waals surface area contributed by atoms with Crippen molar-refractivity contribution in [1.82, 2.24) is 14.6 Å². The molecule has 3 rings (SSSR count). The predicted molar refractivity (Wildman–Crippen MR) is 100 cm³/mol. The number of halogens is 1. The number of aromatic amines is 1. The van der Waals surface area contributed by atoms with Crippen molar-refractivity contribution in [3.05, 3.63) is 41.0 Å². The van der Waals surface area contributed by atoms with Crippen LogP contribution in [0.5, 0.6) is 0 Å². The Kier molecular flexibility index (Phi) is 4.91. The Labute approximate surface area is 158 Å². The number of amides is 2. The molecular weight excluding hydrogens is 424 g/mol. The van der Waals surface area contributed by atoms with Gasteiger partial charge < -0.3 is 16.0 Å². The molecule has 1 aliphatic heterocycles. The van der Waals surface area contributed by atoms with Crippen LogP contribution < -0.4 is 11.1 Å². The number of nitrogens with one attached hydrogen (secondary N) is 2. The van der Waals surface area contributed by atoms with Gasteiger partial charge in [0.2, 0.25) is 15.9 Å². The lowest BCUT2D eigenvalue weighted by Gasteiger charge is -2.17. The second-order valence-corrected chi connectivity index (χ2v) is 8.74. The first kappa shape index (κ1) is 18.6. The van der Waals surface area contributed by atoms with Gasteiger partial charge >= 0.3 is 0 Å². The standard InChI is InChI=1S/C16H17BrN4O4S/c1-2-13(22)19-10-5-6-21(8-10)26(24,25)15-11-7-9(17)3-4-12(11)20-14(15)16(18)23/h2-4,7,10,20H,1,5-6,8H2,(H2,18,23)(H,19,22). The minimum absolute atomic E-state index is 0.112. The highest BCUT2D eigenvalue weighted by molar-refractivity contribution is 9.10. The minimum Gasteiger partial charge on any atom is -0.364 e. The molecule has 8 nitrogen and oxygen atoms in total. The summed E-state index contributed by atoms with van der Waals surface area (Å²) in [6.07, 6.45) is 1.61. The summed E-state index contributed by atoms with van der Waals surface area (Å²) < 4.78 is 28.3. The average molecular weight is 441 g/mol. The van der Waals surface area contributed by atoms with Gasteiger partial charge in [-0.2, -0.15) is 4.31 Å². The summed E-state index contributed by atoms with van der Waals surface area (Å²) in [6, 6.07) is 4.71. The molecule has 2 aromatic rings. The first-order valence-corrected chi connectivity index (χ1v) is 10.0. The van der Waals surface area contributed by atoms with Gasteiger partial charge in [-0.05, 0) is 30.7 Å². The third-order valence-electron chi connectivity index (χ3n) is 4.24. The van der Waals surface area contributed by atoms with Gasteiger partial charge in [0.25, 0.3) is 5.91 Å². The molecule has 1 atom stereocenters. The molecule has 1 fully saturated rings. The van der Waals surface area contributed by atoms with Crippen molar-refractivity contribution in [2.45, 2.75) is 17.4 Å². The molecule has 2 heterocycles. The Morgan fingerprint density at radius 1 is 1.42 bits per heavy atom. The van der Waals surface area contributed by atoms with E-state index in [4.69, 9.17) is 5.73 Å². The lowest BCUT2D eigenvalue weighted by molar-refractivity contribution is -0.117. The van der Waals surface area contributed by atoms with Crippen LogP contribution in [0.1, 0.15) is 16.9 Å². The first-order chi connectivity index (χ1) is 12.2. The van der Waals surface area contributed by atoms with Crippen molar-refractivity contribution < 1.29 is 18.0 Å². The number of nitrogens with two attached hydrogens (primary N) is 1. The zero-order chi connectivity index (χ0) is 19.1. The number of hydrogen-bond acceptors (Lipinski definition) is 4. The summed E-state index contributed by atoms with van der Waals surface area (Å²) in [5.41, 5.74) is 5.73. The van der Waals surface area contributed by atoms with E-state index in [1.165, 1.54) is 4.31 Å². The highest BCUT2D eigenvalue weighted by Crippen LogP contribution is 2.32. The van der Waals surface area contributed by atoms with Gasteiger partial charge in [0.05, 0.1) is 0 Å². The molecule has 1 saturated heterocycles. The number of carbonyl (C=O) groups is 2. The number of benzene rings is 1. The highest BCUT2D eigenvalue weighted by Gasteiger charge is 2.37. The van der Waals surface area contributed by atoms with Gasteiger partial charge in [-0.15, -0.1) is 0 Å². The van der Waals surface area contributed by atoms with Gasteiger partial charge in [0, 0.05) is 34.5 Å². The predicted octanol–water partition coefficient (Wildman–Crippen LogP) is 1.09. The smallest absolute Gasteiger partial charge is 0.266 e. The van der Waals surface area contributed by atoms with Crippen molar-refractivity contribution in [2.75, 3.05) is 13.1 Å². The molecule has 26 heavy (non-hydrogen) atoms. The number of rotatable bonds is 5. The van der Waals surface area contributed by atoms with Gasteiger partial charge in [0.1, 0.15) is 10.6 Å². The number of fused-ring (bicyclic) bond motifs is 1. The van der Waals surface area contributed by atoms with E-state index in [-0.39, 0.29) is 35.6 Å². The van der Waals surface area contributed by atoms with Crippen LogP contribution in [0.3, 0.4) is 0 Å². The van der Waals surface area contributed by atoms with Gasteiger partial charge in [0.15, 0.2) is 0 Å². The van der Waals surface area contributed by atoms with Crippen LogP contribution in [-0.4, -0.2) is 48.7 Å². The molecule has 1 aromatic heterocycles. The molecule has 0 aliphatic carbocycles. The summed E-state index contributed by atoms with van der Waals surface area (Å²) in [4.78, 5) is 25.9. The third-order valence-corrected chi connectivity index (χ3v) is 6.68. The fraction of sp³-hybridized carbons (Fsp3) is 0.250. The van der Waals surface area contributed by atoms with E-state index in [1.54, 1.807) is 18.2 Å². The zero-order valence-corrected chi connectivity index (χ0v) is 16.1. The van der Waals surface area contributed by atoms with E-state index in [2.05, 4.69) is 32.8 Å². The summed E-state index contributed by atoms with van der Waals surface area (Å²) >= 11 is 3.31. The van der Waals surface area contributed by atoms with Crippen LogP contribution in [0.25, 0.3) is 10.9 Å². The quantitative estimate of drug-likeness (QED) is 0.601. The maximum Gasteiger partial charge on any atom is 0.266 e. The number of H-pyrrole nitrogens is 1. The molecular formula is C16H17BrN4O4S. The van der Waals surface area contributed by atoms with Crippen molar-refractivity contribution in [3.8, 4) is 0 Å². The van der Waals surface area contributed by atoms with E-state index >= 15 is 0 Å². The second kappa shape index (κ2) is 6.86. The molecule has 1 unspecified atom stereocenters. The van der Waals surface area contributed by atoms with Crippen molar-refractivity contribution in [3.63, 3.8) is 0 Å². The van der Waals surface area contributed by atoms with Crippen molar-refractivity contribution in [1.29, 1.82) is 0 Å². The Morgan fingerprint density at radius 3 is 2.81 bits per heavy atom. The van der Waals surface area contributed by atoms with Crippen molar-refractivity contribution >= 4 is 48.7 Å². The molecule has 138 valence electrons. The first-order valence-electron chi connectivity index (χ1n) is 7.78. The molecule has 0 radical (unpaired) electrons. The summed E-state index contributed by atoms with van der Waals surface area (Å²) in [6.45, 7) is 3.72. The molecule has 10 heteroatoms. The Morgan fingerprint density at radius 2 is 2.15 bits per heavy atom. The van der Waals surface area contributed by atoms with Crippen LogP contribution >= 0.6 is 15.9 Å². The van der Waals surface area contributed by atoms with Crippen LogP contribution in [0.2, 0.25) is 0 Å². The van der Waals surface area contributed by atoms with E-state index in [0.717, 1.165) is 6.08 Å². The molecule has 1 aliphatic rings. The molecule has 0 saturated carbocycles. The monoisotopic (exact) mass is 440 g/mol. The van der Waals surface area contributed by atoms with Gasteiger partial charge in [-0.1, -0.05) is 22.5 Å². The number of sulfonamides is 1. The number of hydrogen-bond donors (Lipinski definition) is 3. The molecule has 2 amide bonds. The van der Waals surface area contributed by atoms with E-state index in [0.29, 0.717) is 21.8 Å². The maximum absolute atomic E-state index is 13.2. The zero-order valence-electron chi connectivity index (χ0n) is 13.7. The van der Waals surface area contributed by atoms with Crippen LogP contribution in [0, 0.1) is 0 Å². The normalized spacial score (nSPS) is 18.1. The summed E-state index contributed by atoms with van der Waals surface area (Å²) in [7, 11) is -3.99. The van der Waals surface area contributed by atoms with Gasteiger partial charge in [-0.3, -0.25) is 9.59 Å². The second-order valence-electron chi connectivity index (χ2n) is 5.94. The van der Waals surface area contributed by atoms with E-state index in [9.17, 15) is 18.0 Å². The lowest BCUT2D eigenvalue weighted by Crippen LogP contribution is -2.38. The van der Waals surface area contributed by atoms with Crippen LogP contribution in [0.4, 0.5) is 0 Å². The number of nitrogens with zero attached hydrogens (tertiary/aromatic N) is 1. The molecule has 1 aromatic carbocycles. The summed E-state index contributed by atoms with van der Waals surface area (Å²) in [5, 5.41) is 3.07. The Balaban J connectivity index is 2.03. The highest BCUT2D eigenvalue weighted by atomic mass is 79.9. The minimum atomic E-state index is -3.99. The lowest BCUT2D eigenvalue weighted by atomic mass is 10.2. The van der Waals surface area contributed by atoms with Crippen LogP contribution in [-0.2, 0) is 14.8 Å². The number of carbonyl (C=O) groups excluding carboxylic acids is 2. The van der Waals surface area contributed by atoms with Crippen LogP contribution in [0.15, 0.2) is 40.2 Å². The number of primary amides is 1. The summed E-state index contributed by atoms with van der Waals surface area (Å²) in [5.74, 6) is -1.21. The Bertz CT molecular complexity index is 1010. The molecule has 0 bridgehead atoms. The van der Waals surface area contributed by atoms with Crippen molar-refractivity contribution in [2.24, 2.45) is 5.73 Å². The third kappa shape index (κ3) is 3.27. The largest absolute Gasteiger partial charge is 0.364 e. The average Bonchev–Trinajstić information content (AvgIpc) is 3.19. The maximum atomic E-state index is 13.2. The molecule has 4 N–H and O–H groups in total. The SMILES string of the molecule is C=CC(=O)NC1CCN(S(=O)(=O)c2c(C(N)=O)[nH]c3ccc(Br)cc23)C1. The number of aromatic nitrogens is 1. The molecule has 0 spiro atoms. The fourth-order valence-corrected chi connectivity index (χ4v) is 5.23. The van der Waals surface area contributed by atoms with E-state index < -0.39 is 15.9 Å². The fourth-order valence-electron chi connectivity index (χ4n) is 3.03. The van der Waals surface area contributed by atoms with Gasteiger partial charge in [-0.25, -0.2) is 8.42 Å². The Hall–Kier alpha value is -2.17. The topological polar surface area (TPSA) is 125 Å². The van der Waals surface area contributed by atoms with E-state index in [1.807, 2.05) is 0 Å².